The molecule has 2 atom stereocenters. The molecule has 2 heteroatoms. The van der Waals surface area contributed by atoms with Crippen molar-refractivity contribution in [1.82, 2.24) is 10.2 Å². The molecule has 0 amide bonds. The lowest BCUT2D eigenvalue weighted by molar-refractivity contribution is 0.142. The van der Waals surface area contributed by atoms with E-state index in [1.807, 2.05) is 0 Å². The number of likely N-dealkylation sites (tertiary alicyclic amines) is 1. The van der Waals surface area contributed by atoms with Crippen molar-refractivity contribution in [3.05, 3.63) is 48.0 Å². The van der Waals surface area contributed by atoms with Crippen molar-refractivity contribution < 1.29 is 0 Å². The molecule has 2 aromatic carbocycles. The van der Waals surface area contributed by atoms with Crippen LogP contribution in [0.15, 0.2) is 42.5 Å². The monoisotopic (exact) mass is 282 g/mol. The summed E-state index contributed by atoms with van der Waals surface area (Å²) in [6.45, 7) is 9.13. The average molecular weight is 282 g/mol. The summed E-state index contributed by atoms with van der Waals surface area (Å²) in [5.41, 5.74) is 1.46. The number of fused-ring (bicyclic) bond motifs is 1. The summed E-state index contributed by atoms with van der Waals surface area (Å²) in [6.07, 6.45) is 1.26. The van der Waals surface area contributed by atoms with Gasteiger partial charge in [-0.2, -0.15) is 0 Å². The third kappa shape index (κ3) is 3.28. The van der Waals surface area contributed by atoms with Gasteiger partial charge in [0.1, 0.15) is 0 Å². The summed E-state index contributed by atoms with van der Waals surface area (Å²) in [6, 6.07) is 16.1. The standard InChI is InChI=1S/C19H26N2/c1-3-20-19-11-12-21(13-15(19)2)14-17-9-6-8-16-7-4-5-10-18(16)17/h4-10,15,19-20H,3,11-14H2,1-2H3. The van der Waals surface area contributed by atoms with E-state index in [2.05, 4.69) is 66.5 Å². The van der Waals surface area contributed by atoms with Gasteiger partial charge in [0, 0.05) is 19.1 Å². The molecule has 1 fully saturated rings. The zero-order chi connectivity index (χ0) is 14.7. The summed E-state index contributed by atoms with van der Waals surface area (Å²) in [7, 11) is 0. The van der Waals surface area contributed by atoms with E-state index >= 15 is 0 Å². The Morgan fingerprint density at radius 3 is 2.76 bits per heavy atom. The minimum Gasteiger partial charge on any atom is -0.314 e. The fourth-order valence-electron chi connectivity index (χ4n) is 3.61. The van der Waals surface area contributed by atoms with E-state index in [1.54, 1.807) is 0 Å². The predicted octanol–water partition coefficient (Wildman–Crippen LogP) is 3.66. The predicted molar refractivity (Wildman–Crippen MR) is 90.5 cm³/mol. The van der Waals surface area contributed by atoms with Crippen molar-refractivity contribution in [3.63, 3.8) is 0 Å². The molecule has 0 saturated carbocycles. The van der Waals surface area contributed by atoms with E-state index in [-0.39, 0.29) is 0 Å². The topological polar surface area (TPSA) is 15.3 Å². The van der Waals surface area contributed by atoms with Gasteiger partial charge < -0.3 is 5.32 Å². The molecule has 1 saturated heterocycles. The Hall–Kier alpha value is -1.38. The molecule has 3 rings (SSSR count). The van der Waals surface area contributed by atoms with Crippen LogP contribution in [-0.4, -0.2) is 30.6 Å². The molecule has 0 aliphatic carbocycles. The van der Waals surface area contributed by atoms with Gasteiger partial charge in [0.15, 0.2) is 0 Å². The Balaban J connectivity index is 1.72. The van der Waals surface area contributed by atoms with E-state index < -0.39 is 0 Å². The fourth-order valence-corrected chi connectivity index (χ4v) is 3.61. The summed E-state index contributed by atoms with van der Waals surface area (Å²) in [5, 5.41) is 6.38. The maximum atomic E-state index is 3.62. The molecule has 1 N–H and O–H groups in total. The number of nitrogens with zero attached hydrogens (tertiary/aromatic N) is 1. The van der Waals surface area contributed by atoms with Gasteiger partial charge in [0.25, 0.3) is 0 Å². The van der Waals surface area contributed by atoms with Crippen molar-refractivity contribution in [1.29, 1.82) is 0 Å². The fraction of sp³-hybridized carbons (Fsp3) is 0.474. The Bertz CT molecular complexity index is 588. The Morgan fingerprint density at radius 1 is 1.14 bits per heavy atom. The number of nitrogens with one attached hydrogen (secondary N) is 1. The van der Waals surface area contributed by atoms with Crippen molar-refractivity contribution in [3.8, 4) is 0 Å². The molecule has 112 valence electrons. The molecule has 0 spiro atoms. The van der Waals surface area contributed by atoms with Gasteiger partial charge in [-0.15, -0.1) is 0 Å². The summed E-state index contributed by atoms with van der Waals surface area (Å²) in [4.78, 5) is 2.61. The first-order chi connectivity index (χ1) is 10.3. The summed E-state index contributed by atoms with van der Waals surface area (Å²) < 4.78 is 0. The van der Waals surface area contributed by atoms with Gasteiger partial charge in [-0.05, 0) is 41.8 Å². The molecule has 2 unspecified atom stereocenters. The Kier molecular flexibility index (Phi) is 4.57. The van der Waals surface area contributed by atoms with E-state index in [1.165, 1.54) is 35.8 Å². The second kappa shape index (κ2) is 6.59. The number of benzene rings is 2. The molecule has 1 aliphatic rings. The zero-order valence-electron chi connectivity index (χ0n) is 13.2. The number of hydrogen-bond donors (Lipinski definition) is 1. The van der Waals surface area contributed by atoms with Crippen LogP contribution < -0.4 is 5.32 Å². The molecule has 1 heterocycles. The Labute approximate surface area is 128 Å². The van der Waals surface area contributed by atoms with E-state index in [9.17, 15) is 0 Å². The van der Waals surface area contributed by atoms with Crippen molar-refractivity contribution in [2.75, 3.05) is 19.6 Å². The highest BCUT2D eigenvalue weighted by atomic mass is 15.1. The van der Waals surface area contributed by atoms with Crippen LogP contribution in [0.2, 0.25) is 0 Å². The Morgan fingerprint density at radius 2 is 1.95 bits per heavy atom. The van der Waals surface area contributed by atoms with Gasteiger partial charge >= 0.3 is 0 Å². The van der Waals surface area contributed by atoms with Crippen molar-refractivity contribution in [2.45, 2.75) is 32.9 Å². The normalized spacial score (nSPS) is 23.5. The van der Waals surface area contributed by atoms with Gasteiger partial charge in [0.05, 0.1) is 0 Å². The molecule has 2 nitrogen and oxygen atoms in total. The lowest BCUT2D eigenvalue weighted by Crippen LogP contribution is -2.47. The molecule has 21 heavy (non-hydrogen) atoms. The molecule has 2 aromatic rings. The van der Waals surface area contributed by atoms with Crippen LogP contribution in [-0.2, 0) is 6.54 Å². The number of piperidine rings is 1. The van der Waals surface area contributed by atoms with Crippen LogP contribution in [0.1, 0.15) is 25.8 Å². The van der Waals surface area contributed by atoms with E-state index in [0.29, 0.717) is 6.04 Å². The van der Waals surface area contributed by atoms with Crippen LogP contribution in [0.25, 0.3) is 10.8 Å². The maximum absolute atomic E-state index is 3.62. The molecule has 1 aliphatic heterocycles. The SMILES string of the molecule is CCNC1CCN(Cc2cccc3ccccc23)CC1C. The van der Waals surface area contributed by atoms with Crippen LogP contribution >= 0.6 is 0 Å². The first-order valence-electron chi connectivity index (χ1n) is 8.20. The third-order valence-corrected chi connectivity index (χ3v) is 4.73. The molecular formula is C19H26N2. The first-order valence-corrected chi connectivity index (χ1v) is 8.20. The quantitative estimate of drug-likeness (QED) is 0.920. The van der Waals surface area contributed by atoms with Crippen molar-refractivity contribution in [2.24, 2.45) is 5.92 Å². The lowest BCUT2D eigenvalue weighted by Gasteiger charge is -2.37. The van der Waals surface area contributed by atoms with Crippen LogP contribution in [0.4, 0.5) is 0 Å². The highest BCUT2D eigenvalue weighted by Crippen LogP contribution is 2.23. The second-order valence-corrected chi connectivity index (χ2v) is 6.30. The first kappa shape index (κ1) is 14.6. The third-order valence-electron chi connectivity index (χ3n) is 4.73. The second-order valence-electron chi connectivity index (χ2n) is 6.30. The minimum atomic E-state index is 0.693. The number of rotatable bonds is 4. The van der Waals surface area contributed by atoms with Gasteiger partial charge in [0.2, 0.25) is 0 Å². The van der Waals surface area contributed by atoms with Crippen molar-refractivity contribution >= 4 is 10.8 Å². The maximum Gasteiger partial charge on any atom is 0.0240 e. The van der Waals surface area contributed by atoms with Crippen LogP contribution in [0.3, 0.4) is 0 Å². The van der Waals surface area contributed by atoms with Gasteiger partial charge in [-0.25, -0.2) is 0 Å². The van der Waals surface area contributed by atoms with Gasteiger partial charge in [-0.1, -0.05) is 56.3 Å². The molecule has 0 radical (unpaired) electrons. The number of hydrogen-bond acceptors (Lipinski definition) is 2. The molecular weight excluding hydrogens is 256 g/mol. The smallest absolute Gasteiger partial charge is 0.0240 e. The van der Waals surface area contributed by atoms with Crippen LogP contribution in [0.5, 0.6) is 0 Å². The largest absolute Gasteiger partial charge is 0.314 e. The summed E-state index contributed by atoms with van der Waals surface area (Å²) in [5.74, 6) is 0.730. The minimum absolute atomic E-state index is 0.693. The highest BCUT2D eigenvalue weighted by molar-refractivity contribution is 5.85. The van der Waals surface area contributed by atoms with Gasteiger partial charge in [-0.3, -0.25) is 4.90 Å². The molecule has 0 aromatic heterocycles. The average Bonchev–Trinajstić information content (AvgIpc) is 2.51. The highest BCUT2D eigenvalue weighted by Gasteiger charge is 2.25. The zero-order valence-corrected chi connectivity index (χ0v) is 13.2. The molecule has 0 bridgehead atoms. The van der Waals surface area contributed by atoms with E-state index in [0.717, 1.165) is 19.0 Å². The lowest BCUT2D eigenvalue weighted by atomic mass is 9.93. The van der Waals surface area contributed by atoms with E-state index in [4.69, 9.17) is 0 Å². The summed E-state index contributed by atoms with van der Waals surface area (Å²) >= 11 is 0. The van der Waals surface area contributed by atoms with Crippen LogP contribution in [0, 0.1) is 5.92 Å².